The molecule has 1 atom stereocenters. The summed E-state index contributed by atoms with van der Waals surface area (Å²) in [5.74, 6) is 0.174. The highest BCUT2D eigenvalue weighted by Gasteiger charge is 2.31. The molecule has 0 aliphatic carbocycles. The van der Waals surface area contributed by atoms with Crippen LogP contribution in [0.1, 0.15) is 43.0 Å². The van der Waals surface area contributed by atoms with Gasteiger partial charge in [-0.3, -0.25) is 4.79 Å². The lowest BCUT2D eigenvalue weighted by Crippen LogP contribution is -2.42. The van der Waals surface area contributed by atoms with Gasteiger partial charge in [0.15, 0.2) is 0 Å². The fourth-order valence-electron chi connectivity index (χ4n) is 3.65. The Hall–Kier alpha value is -2.17. The Kier molecular flexibility index (Phi) is 6.30. The molecule has 0 bridgehead atoms. The third-order valence-electron chi connectivity index (χ3n) is 5.27. The zero-order chi connectivity index (χ0) is 19.3. The van der Waals surface area contributed by atoms with Crippen molar-refractivity contribution in [3.05, 3.63) is 71.3 Å². The van der Waals surface area contributed by atoms with Crippen molar-refractivity contribution in [2.45, 2.75) is 32.7 Å². The van der Waals surface area contributed by atoms with Crippen LogP contribution in [0.3, 0.4) is 0 Å². The predicted molar refractivity (Wildman–Crippen MR) is 108 cm³/mol. The van der Waals surface area contributed by atoms with Gasteiger partial charge in [-0.05, 0) is 23.1 Å². The molecule has 0 saturated heterocycles. The second kappa shape index (κ2) is 8.68. The number of aliphatic hydroxyl groups is 1. The van der Waals surface area contributed by atoms with Gasteiger partial charge in [0, 0.05) is 38.1 Å². The van der Waals surface area contributed by atoms with E-state index in [9.17, 15) is 9.90 Å². The Morgan fingerprint density at radius 2 is 1.85 bits per heavy atom. The molecule has 144 valence electrons. The molecule has 4 heteroatoms. The van der Waals surface area contributed by atoms with E-state index in [4.69, 9.17) is 0 Å². The second-order valence-corrected chi connectivity index (χ2v) is 8.10. The molecule has 27 heavy (non-hydrogen) atoms. The molecular weight excluding hydrogens is 336 g/mol. The smallest absolute Gasteiger partial charge is 0.224 e. The molecule has 0 radical (unpaired) electrons. The van der Waals surface area contributed by atoms with E-state index in [-0.39, 0.29) is 24.0 Å². The van der Waals surface area contributed by atoms with E-state index in [1.165, 1.54) is 11.1 Å². The van der Waals surface area contributed by atoms with Gasteiger partial charge < -0.3 is 15.3 Å². The number of benzene rings is 2. The molecule has 2 N–H and O–H groups in total. The van der Waals surface area contributed by atoms with Crippen molar-refractivity contribution in [3.8, 4) is 0 Å². The highest BCUT2D eigenvalue weighted by atomic mass is 16.3. The molecule has 0 fully saturated rings. The molecule has 1 heterocycles. The SMILES string of the molecule is CC(C)(CO)CNCCC(=O)N1CCc2ccccc2[C@@H]1c1ccccc1. The summed E-state index contributed by atoms with van der Waals surface area (Å²) in [7, 11) is 0. The maximum absolute atomic E-state index is 13.0. The number of hydrogen-bond acceptors (Lipinski definition) is 3. The van der Waals surface area contributed by atoms with Crippen LogP contribution in [-0.4, -0.2) is 42.2 Å². The minimum atomic E-state index is -0.167. The van der Waals surface area contributed by atoms with Gasteiger partial charge in [0.05, 0.1) is 6.04 Å². The number of carbonyl (C=O) groups excluding carboxylic acids is 1. The van der Waals surface area contributed by atoms with Crippen LogP contribution < -0.4 is 5.32 Å². The van der Waals surface area contributed by atoms with Crippen molar-refractivity contribution >= 4 is 5.91 Å². The fraction of sp³-hybridized carbons (Fsp3) is 0.435. The number of rotatable bonds is 7. The van der Waals surface area contributed by atoms with Gasteiger partial charge in [0.1, 0.15) is 0 Å². The maximum Gasteiger partial charge on any atom is 0.224 e. The van der Waals surface area contributed by atoms with E-state index in [1.54, 1.807) is 0 Å². The van der Waals surface area contributed by atoms with E-state index >= 15 is 0 Å². The van der Waals surface area contributed by atoms with Gasteiger partial charge in [0.25, 0.3) is 0 Å². The van der Waals surface area contributed by atoms with Gasteiger partial charge >= 0.3 is 0 Å². The van der Waals surface area contributed by atoms with Crippen LogP contribution in [0.4, 0.5) is 0 Å². The van der Waals surface area contributed by atoms with Crippen molar-refractivity contribution in [2.75, 3.05) is 26.2 Å². The first-order valence-corrected chi connectivity index (χ1v) is 9.76. The first-order chi connectivity index (χ1) is 13.0. The van der Waals surface area contributed by atoms with Crippen molar-refractivity contribution in [1.82, 2.24) is 10.2 Å². The summed E-state index contributed by atoms with van der Waals surface area (Å²) in [5, 5.41) is 12.7. The average molecular weight is 367 g/mol. The number of nitrogens with zero attached hydrogens (tertiary/aromatic N) is 1. The van der Waals surface area contributed by atoms with Crippen molar-refractivity contribution in [2.24, 2.45) is 5.41 Å². The lowest BCUT2D eigenvalue weighted by atomic mass is 9.88. The maximum atomic E-state index is 13.0. The molecule has 0 spiro atoms. The Labute approximate surface area is 162 Å². The van der Waals surface area contributed by atoms with Crippen molar-refractivity contribution in [3.63, 3.8) is 0 Å². The lowest BCUT2D eigenvalue weighted by Gasteiger charge is -2.38. The van der Waals surface area contributed by atoms with E-state index < -0.39 is 0 Å². The van der Waals surface area contributed by atoms with Crippen LogP contribution >= 0.6 is 0 Å². The topological polar surface area (TPSA) is 52.6 Å². The van der Waals surface area contributed by atoms with Crippen molar-refractivity contribution in [1.29, 1.82) is 0 Å². The number of fused-ring (bicyclic) bond motifs is 1. The first-order valence-electron chi connectivity index (χ1n) is 9.76. The molecule has 1 amide bonds. The van der Waals surface area contributed by atoms with Gasteiger partial charge in [-0.2, -0.15) is 0 Å². The second-order valence-electron chi connectivity index (χ2n) is 8.10. The van der Waals surface area contributed by atoms with Crippen LogP contribution in [0, 0.1) is 5.41 Å². The zero-order valence-electron chi connectivity index (χ0n) is 16.3. The Bertz CT molecular complexity index is 758. The van der Waals surface area contributed by atoms with E-state index in [0.717, 1.165) is 18.5 Å². The summed E-state index contributed by atoms with van der Waals surface area (Å²) >= 11 is 0. The lowest BCUT2D eigenvalue weighted by molar-refractivity contribution is -0.133. The summed E-state index contributed by atoms with van der Waals surface area (Å²) in [4.78, 5) is 15.0. The summed E-state index contributed by atoms with van der Waals surface area (Å²) in [6.07, 6.45) is 1.36. The normalized spacial score (nSPS) is 16.9. The van der Waals surface area contributed by atoms with E-state index in [2.05, 4.69) is 41.7 Å². The largest absolute Gasteiger partial charge is 0.396 e. The zero-order valence-corrected chi connectivity index (χ0v) is 16.3. The third-order valence-corrected chi connectivity index (χ3v) is 5.27. The number of nitrogens with one attached hydrogen (secondary N) is 1. The van der Waals surface area contributed by atoms with Crippen molar-refractivity contribution < 1.29 is 9.90 Å². The van der Waals surface area contributed by atoms with E-state index in [1.807, 2.05) is 36.9 Å². The first kappa shape index (κ1) is 19.6. The number of carbonyl (C=O) groups is 1. The fourth-order valence-corrected chi connectivity index (χ4v) is 3.65. The molecule has 2 aromatic rings. The van der Waals surface area contributed by atoms with Crippen LogP contribution in [0.2, 0.25) is 0 Å². The average Bonchev–Trinajstić information content (AvgIpc) is 2.71. The molecule has 1 aliphatic rings. The molecule has 1 aliphatic heterocycles. The van der Waals surface area contributed by atoms with E-state index in [0.29, 0.717) is 19.5 Å². The summed E-state index contributed by atoms with van der Waals surface area (Å²) in [6, 6.07) is 18.7. The van der Waals surface area contributed by atoms with Gasteiger partial charge in [0.2, 0.25) is 5.91 Å². The highest BCUT2D eigenvalue weighted by Crippen LogP contribution is 2.35. The van der Waals surface area contributed by atoms with Crippen LogP contribution in [-0.2, 0) is 11.2 Å². The number of aliphatic hydroxyl groups excluding tert-OH is 1. The van der Waals surface area contributed by atoms with Crippen LogP contribution in [0.5, 0.6) is 0 Å². The molecule has 0 saturated carbocycles. The molecule has 0 unspecified atom stereocenters. The van der Waals surface area contributed by atoms with Crippen LogP contribution in [0.15, 0.2) is 54.6 Å². The molecule has 0 aromatic heterocycles. The van der Waals surface area contributed by atoms with Gasteiger partial charge in [-0.15, -0.1) is 0 Å². The molecular formula is C23H30N2O2. The molecule has 2 aromatic carbocycles. The standard InChI is InChI=1S/C23H30N2O2/c1-23(2,17-26)16-24-14-12-21(27)25-15-13-18-8-6-7-11-20(18)22(25)19-9-4-3-5-10-19/h3-11,22,24,26H,12-17H2,1-2H3/t22-/m0/s1. The third kappa shape index (κ3) is 4.76. The monoisotopic (exact) mass is 366 g/mol. The van der Waals surface area contributed by atoms with Crippen LogP contribution in [0.25, 0.3) is 0 Å². The Morgan fingerprint density at radius 3 is 2.59 bits per heavy atom. The quantitative estimate of drug-likeness (QED) is 0.740. The molecule has 4 nitrogen and oxygen atoms in total. The predicted octanol–water partition coefficient (Wildman–Crippen LogP) is 3.16. The summed E-state index contributed by atoms with van der Waals surface area (Å²) < 4.78 is 0. The van der Waals surface area contributed by atoms with Gasteiger partial charge in [-0.1, -0.05) is 68.4 Å². The Balaban J connectivity index is 1.73. The molecule has 3 rings (SSSR count). The number of hydrogen-bond donors (Lipinski definition) is 2. The summed E-state index contributed by atoms with van der Waals surface area (Å²) in [6.45, 7) is 6.22. The minimum Gasteiger partial charge on any atom is -0.396 e. The Morgan fingerprint density at radius 1 is 1.15 bits per heavy atom. The van der Waals surface area contributed by atoms with Gasteiger partial charge in [-0.25, -0.2) is 0 Å². The number of amides is 1. The summed E-state index contributed by atoms with van der Waals surface area (Å²) in [5.41, 5.74) is 3.56. The highest BCUT2D eigenvalue weighted by molar-refractivity contribution is 5.78. The minimum absolute atomic E-state index is 0.0162.